The summed E-state index contributed by atoms with van der Waals surface area (Å²) >= 11 is 0. The lowest BCUT2D eigenvalue weighted by molar-refractivity contribution is -0.231. The summed E-state index contributed by atoms with van der Waals surface area (Å²) in [6.07, 6.45) is 3.88. The van der Waals surface area contributed by atoms with Crippen molar-refractivity contribution in [2.45, 2.75) is 77.8 Å². The van der Waals surface area contributed by atoms with Crippen LogP contribution in [0.3, 0.4) is 0 Å². The molecule has 0 amide bonds. The smallest absolute Gasteiger partial charge is 0.176 e. The van der Waals surface area contributed by atoms with Crippen molar-refractivity contribution in [3.8, 4) is 0 Å². The number of ether oxygens (including phenoxy) is 1. The molecule has 2 aliphatic rings. The molecule has 0 aromatic heterocycles. The van der Waals surface area contributed by atoms with Gasteiger partial charge in [-0.1, -0.05) is 50.6 Å². The van der Waals surface area contributed by atoms with Crippen molar-refractivity contribution in [2.75, 3.05) is 0 Å². The van der Waals surface area contributed by atoms with E-state index in [4.69, 9.17) is 4.74 Å². The summed E-state index contributed by atoms with van der Waals surface area (Å²) in [7, 11) is 0. The molecule has 4 unspecified atom stereocenters. The van der Waals surface area contributed by atoms with Crippen molar-refractivity contribution in [1.29, 1.82) is 0 Å². The van der Waals surface area contributed by atoms with E-state index < -0.39 is 6.23 Å². The summed E-state index contributed by atoms with van der Waals surface area (Å²) in [5.74, 6) is 1.40. The van der Waals surface area contributed by atoms with Gasteiger partial charge in [0.25, 0.3) is 0 Å². The standard InChI is InChI=1S/C21H31NO2/c1-5-18(23)20-22(14-16-9-7-6-8-10-16)21(3,4)17-12-11-15(2)13-19(17)24-20/h6-10,15,17,19-20H,5,11-14H2,1-4H3. The van der Waals surface area contributed by atoms with Crippen LogP contribution in [0, 0.1) is 11.8 Å². The van der Waals surface area contributed by atoms with Crippen LogP contribution in [0.2, 0.25) is 0 Å². The molecule has 1 aliphatic heterocycles. The number of Topliss-reactive ketones (excluding diaryl/α,β-unsaturated/α-hetero) is 1. The number of carbonyl (C=O) groups excluding carboxylic acids is 1. The largest absolute Gasteiger partial charge is 0.352 e. The molecule has 0 spiro atoms. The summed E-state index contributed by atoms with van der Waals surface area (Å²) in [5.41, 5.74) is 1.21. The number of ketones is 1. The lowest BCUT2D eigenvalue weighted by atomic mass is 9.69. The molecular formula is C21H31NO2. The highest BCUT2D eigenvalue weighted by Crippen LogP contribution is 2.45. The molecule has 2 fully saturated rings. The maximum Gasteiger partial charge on any atom is 0.176 e. The van der Waals surface area contributed by atoms with Gasteiger partial charge in [-0.15, -0.1) is 0 Å². The molecule has 24 heavy (non-hydrogen) atoms. The molecule has 1 aromatic carbocycles. The fourth-order valence-corrected chi connectivity index (χ4v) is 4.53. The van der Waals surface area contributed by atoms with Crippen LogP contribution in [-0.2, 0) is 16.1 Å². The third-order valence-corrected chi connectivity index (χ3v) is 6.11. The van der Waals surface area contributed by atoms with Gasteiger partial charge in [0.15, 0.2) is 12.0 Å². The van der Waals surface area contributed by atoms with Gasteiger partial charge in [-0.05, 0) is 38.2 Å². The molecule has 1 saturated heterocycles. The first-order valence-corrected chi connectivity index (χ1v) is 9.42. The second kappa shape index (κ2) is 6.97. The number of rotatable bonds is 4. The predicted octanol–water partition coefficient (Wildman–Crippen LogP) is 4.41. The van der Waals surface area contributed by atoms with Gasteiger partial charge < -0.3 is 4.74 Å². The van der Waals surface area contributed by atoms with Gasteiger partial charge in [-0.3, -0.25) is 9.69 Å². The van der Waals surface area contributed by atoms with E-state index in [-0.39, 0.29) is 17.4 Å². The fraction of sp³-hybridized carbons (Fsp3) is 0.667. The van der Waals surface area contributed by atoms with Gasteiger partial charge in [-0.2, -0.15) is 0 Å². The minimum absolute atomic E-state index is 0.0333. The molecule has 0 radical (unpaired) electrons. The van der Waals surface area contributed by atoms with E-state index in [0.717, 1.165) is 13.0 Å². The van der Waals surface area contributed by atoms with Crippen LogP contribution >= 0.6 is 0 Å². The van der Waals surface area contributed by atoms with Crippen molar-refractivity contribution < 1.29 is 9.53 Å². The van der Waals surface area contributed by atoms with Crippen LogP contribution in [0.5, 0.6) is 0 Å². The zero-order valence-corrected chi connectivity index (χ0v) is 15.5. The average Bonchev–Trinajstić information content (AvgIpc) is 2.57. The van der Waals surface area contributed by atoms with Crippen molar-refractivity contribution in [2.24, 2.45) is 11.8 Å². The zero-order chi connectivity index (χ0) is 17.3. The highest BCUT2D eigenvalue weighted by Gasteiger charge is 2.51. The quantitative estimate of drug-likeness (QED) is 0.819. The lowest BCUT2D eigenvalue weighted by Gasteiger charge is -2.56. The Balaban J connectivity index is 1.91. The SMILES string of the molecule is CCC(=O)C1OC2CC(C)CCC2C(C)(C)N1Cc1ccccc1. The van der Waals surface area contributed by atoms with E-state index >= 15 is 0 Å². The normalized spacial score (nSPS) is 33.0. The third-order valence-electron chi connectivity index (χ3n) is 6.11. The molecule has 132 valence electrons. The Morgan fingerprint density at radius 1 is 1.25 bits per heavy atom. The van der Waals surface area contributed by atoms with E-state index in [1.807, 2.05) is 13.0 Å². The molecule has 3 rings (SSSR count). The molecule has 1 saturated carbocycles. The summed E-state index contributed by atoms with van der Waals surface area (Å²) in [5, 5.41) is 0. The monoisotopic (exact) mass is 329 g/mol. The first-order valence-electron chi connectivity index (χ1n) is 9.42. The number of hydrogen-bond donors (Lipinski definition) is 0. The van der Waals surface area contributed by atoms with E-state index in [0.29, 0.717) is 18.3 Å². The van der Waals surface area contributed by atoms with Gasteiger partial charge in [0.05, 0.1) is 6.10 Å². The molecule has 3 nitrogen and oxygen atoms in total. The first-order chi connectivity index (χ1) is 11.4. The second-order valence-corrected chi connectivity index (χ2v) is 8.14. The molecule has 1 heterocycles. The maximum absolute atomic E-state index is 12.6. The minimum atomic E-state index is -0.406. The van der Waals surface area contributed by atoms with E-state index in [2.05, 4.69) is 49.9 Å². The molecule has 3 heteroatoms. The first kappa shape index (κ1) is 17.6. The van der Waals surface area contributed by atoms with Gasteiger partial charge in [0.1, 0.15) is 0 Å². The summed E-state index contributed by atoms with van der Waals surface area (Å²) in [4.78, 5) is 15.0. The van der Waals surface area contributed by atoms with E-state index in [1.54, 1.807) is 0 Å². The van der Waals surface area contributed by atoms with E-state index in [9.17, 15) is 4.79 Å². The van der Waals surface area contributed by atoms with E-state index in [1.165, 1.54) is 18.4 Å². The van der Waals surface area contributed by atoms with Crippen molar-refractivity contribution in [3.63, 3.8) is 0 Å². The van der Waals surface area contributed by atoms with Gasteiger partial charge in [0.2, 0.25) is 0 Å². The van der Waals surface area contributed by atoms with Crippen LogP contribution in [0.4, 0.5) is 0 Å². The Labute approximate surface area is 146 Å². The van der Waals surface area contributed by atoms with Crippen molar-refractivity contribution in [1.82, 2.24) is 4.90 Å². The zero-order valence-electron chi connectivity index (χ0n) is 15.5. The van der Waals surface area contributed by atoms with Crippen LogP contribution in [-0.4, -0.2) is 28.6 Å². The number of carbonyl (C=O) groups is 1. The Hall–Kier alpha value is -1.19. The Kier molecular flexibility index (Phi) is 5.12. The number of fused-ring (bicyclic) bond motifs is 1. The average molecular weight is 329 g/mol. The van der Waals surface area contributed by atoms with Crippen LogP contribution in [0.25, 0.3) is 0 Å². The maximum atomic E-state index is 12.6. The molecule has 0 bridgehead atoms. The summed E-state index contributed by atoms with van der Waals surface area (Å²) < 4.78 is 6.41. The summed E-state index contributed by atoms with van der Waals surface area (Å²) in [6, 6.07) is 10.4. The minimum Gasteiger partial charge on any atom is -0.352 e. The topological polar surface area (TPSA) is 29.5 Å². The number of benzene rings is 1. The summed E-state index contributed by atoms with van der Waals surface area (Å²) in [6.45, 7) is 9.63. The second-order valence-electron chi connectivity index (χ2n) is 8.14. The van der Waals surface area contributed by atoms with Gasteiger partial charge in [-0.25, -0.2) is 0 Å². The Bertz CT molecular complexity index is 568. The fourth-order valence-electron chi connectivity index (χ4n) is 4.53. The number of nitrogens with zero attached hydrogens (tertiary/aromatic N) is 1. The van der Waals surface area contributed by atoms with Crippen LogP contribution in [0.1, 0.15) is 58.9 Å². The van der Waals surface area contributed by atoms with Gasteiger partial charge >= 0.3 is 0 Å². The van der Waals surface area contributed by atoms with Crippen molar-refractivity contribution >= 4 is 5.78 Å². The molecule has 1 aromatic rings. The Morgan fingerprint density at radius 3 is 2.62 bits per heavy atom. The van der Waals surface area contributed by atoms with Crippen molar-refractivity contribution in [3.05, 3.63) is 35.9 Å². The molecule has 1 aliphatic carbocycles. The predicted molar refractivity (Wildman–Crippen MR) is 96.5 cm³/mol. The molecular weight excluding hydrogens is 298 g/mol. The third kappa shape index (κ3) is 3.29. The van der Waals surface area contributed by atoms with Crippen LogP contribution < -0.4 is 0 Å². The molecule has 4 atom stereocenters. The highest BCUT2D eigenvalue weighted by molar-refractivity contribution is 5.82. The molecule has 0 N–H and O–H groups in total. The van der Waals surface area contributed by atoms with Crippen LogP contribution in [0.15, 0.2) is 30.3 Å². The lowest BCUT2D eigenvalue weighted by Crippen LogP contribution is -2.65. The van der Waals surface area contributed by atoms with Gasteiger partial charge in [0, 0.05) is 24.4 Å². The number of hydrogen-bond acceptors (Lipinski definition) is 3. The Morgan fingerprint density at radius 2 is 1.96 bits per heavy atom. The highest BCUT2D eigenvalue weighted by atomic mass is 16.5.